The van der Waals surface area contributed by atoms with E-state index in [2.05, 4.69) is 63.8 Å². The molecule has 2 unspecified atom stereocenters. The lowest BCUT2D eigenvalue weighted by atomic mass is 9.84. The van der Waals surface area contributed by atoms with E-state index in [0.29, 0.717) is 12.1 Å². The predicted molar refractivity (Wildman–Crippen MR) is 82.5 cm³/mol. The molecule has 3 heteroatoms. The molecule has 1 aromatic rings. The van der Waals surface area contributed by atoms with Gasteiger partial charge < -0.3 is 5.32 Å². The van der Waals surface area contributed by atoms with Crippen molar-refractivity contribution in [3.63, 3.8) is 0 Å². The molecule has 19 heavy (non-hydrogen) atoms. The molecule has 0 aliphatic carbocycles. The second kappa shape index (κ2) is 7.09. The smallest absolute Gasteiger partial charge is 0.0640 e. The van der Waals surface area contributed by atoms with Crippen LogP contribution in [0.25, 0.3) is 0 Å². The normalized spacial score (nSPS) is 15.5. The lowest BCUT2D eigenvalue weighted by molar-refractivity contribution is 0.264. The van der Waals surface area contributed by atoms with Crippen LogP contribution in [0.3, 0.4) is 0 Å². The van der Waals surface area contributed by atoms with Crippen molar-refractivity contribution in [2.45, 2.75) is 72.9 Å². The van der Waals surface area contributed by atoms with Crippen molar-refractivity contribution < 1.29 is 0 Å². The van der Waals surface area contributed by atoms with E-state index in [1.165, 1.54) is 12.1 Å². The molecule has 0 spiro atoms. The Bertz CT molecular complexity index is 362. The van der Waals surface area contributed by atoms with Gasteiger partial charge in [0.2, 0.25) is 0 Å². The van der Waals surface area contributed by atoms with E-state index in [4.69, 9.17) is 5.10 Å². The van der Waals surface area contributed by atoms with Gasteiger partial charge in [0.1, 0.15) is 0 Å². The maximum Gasteiger partial charge on any atom is 0.0640 e. The van der Waals surface area contributed by atoms with Crippen LogP contribution in [0.5, 0.6) is 0 Å². The highest BCUT2D eigenvalue weighted by Crippen LogP contribution is 2.22. The summed E-state index contributed by atoms with van der Waals surface area (Å²) in [6.07, 6.45) is 5.42. The molecule has 0 saturated heterocycles. The Labute approximate surface area is 118 Å². The maximum atomic E-state index is 4.72. The van der Waals surface area contributed by atoms with Crippen molar-refractivity contribution in [1.82, 2.24) is 15.1 Å². The highest BCUT2D eigenvalue weighted by molar-refractivity contribution is 5.04. The Kier molecular flexibility index (Phi) is 6.05. The van der Waals surface area contributed by atoms with Gasteiger partial charge in [-0.3, -0.25) is 4.68 Å². The van der Waals surface area contributed by atoms with Crippen LogP contribution in [0.15, 0.2) is 12.3 Å². The largest absolute Gasteiger partial charge is 0.313 e. The minimum absolute atomic E-state index is 0.259. The fraction of sp³-hybridized carbons (Fsp3) is 0.812. The van der Waals surface area contributed by atoms with Crippen LogP contribution in [0.1, 0.15) is 66.1 Å². The number of aromatic nitrogens is 2. The molecule has 0 aliphatic rings. The average molecular weight is 265 g/mol. The topological polar surface area (TPSA) is 29.9 Å². The molecule has 1 aromatic heterocycles. The number of nitrogens with zero attached hydrogens (tertiary/aromatic N) is 2. The van der Waals surface area contributed by atoms with Gasteiger partial charge >= 0.3 is 0 Å². The van der Waals surface area contributed by atoms with Gasteiger partial charge in [-0.1, -0.05) is 34.6 Å². The molecule has 0 aromatic carbocycles. The minimum Gasteiger partial charge on any atom is -0.313 e. The predicted octanol–water partition coefficient (Wildman–Crippen LogP) is 3.81. The van der Waals surface area contributed by atoms with Gasteiger partial charge in [-0.2, -0.15) is 5.10 Å². The van der Waals surface area contributed by atoms with Crippen LogP contribution in [0.2, 0.25) is 0 Å². The summed E-state index contributed by atoms with van der Waals surface area (Å²) in [5.41, 5.74) is 1.46. The zero-order chi connectivity index (χ0) is 14.5. The van der Waals surface area contributed by atoms with E-state index in [1.807, 2.05) is 0 Å². The molecular formula is C16H31N3. The second-order valence-corrected chi connectivity index (χ2v) is 6.62. The summed E-state index contributed by atoms with van der Waals surface area (Å²) in [5, 5.41) is 8.38. The first kappa shape index (κ1) is 16.2. The van der Waals surface area contributed by atoms with Crippen molar-refractivity contribution in [3.05, 3.63) is 18.0 Å². The summed E-state index contributed by atoms with van der Waals surface area (Å²) >= 11 is 0. The Hall–Kier alpha value is -0.830. The fourth-order valence-corrected chi connectivity index (χ4v) is 2.13. The number of hydrogen-bond donors (Lipinski definition) is 1. The van der Waals surface area contributed by atoms with Crippen molar-refractivity contribution in [2.24, 2.45) is 5.41 Å². The Morgan fingerprint density at radius 3 is 2.53 bits per heavy atom. The molecular weight excluding hydrogens is 234 g/mol. The molecule has 2 atom stereocenters. The first-order valence-electron chi connectivity index (χ1n) is 7.65. The molecule has 0 saturated carbocycles. The van der Waals surface area contributed by atoms with Crippen molar-refractivity contribution in [1.29, 1.82) is 0 Å². The van der Waals surface area contributed by atoms with Gasteiger partial charge in [-0.05, 0) is 37.8 Å². The molecule has 1 heterocycles. The van der Waals surface area contributed by atoms with Crippen LogP contribution in [0, 0.1) is 5.41 Å². The maximum absolute atomic E-state index is 4.72. The zero-order valence-electron chi connectivity index (χ0n) is 13.5. The summed E-state index contributed by atoms with van der Waals surface area (Å²) in [4.78, 5) is 0. The lowest BCUT2D eigenvalue weighted by Gasteiger charge is -2.31. The summed E-state index contributed by atoms with van der Waals surface area (Å²) in [5.74, 6) is 0. The first-order valence-corrected chi connectivity index (χ1v) is 7.65. The lowest BCUT2D eigenvalue weighted by Crippen LogP contribution is -2.42. The van der Waals surface area contributed by atoms with E-state index >= 15 is 0 Å². The van der Waals surface area contributed by atoms with Gasteiger partial charge in [0, 0.05) is 24.7 Å². The molecule has 0 fully saturated rings. The van der Waals surface area contributed by atoms with E-state index in [0.717, 1.165) is 19.4 Å². The fourth-order valence-electron chi connectivity index (χ4n) is 2.13. The molecule has 0 radical (unpaired) electrons. The van der Waals surface area contributed by atoms with Crippen LogP contribution in [-0.2, 0) is 6.42 Å². The quantitative estimate of drug-likeness (QED) is 0.812. The van der Waals surface area contributed by atoms with E-state index in [9.17, 15) is 0 Å². The highest BCUT2D eigenvalue weighted by atomic mass is 15.3. The average Bonchev–Trinajstić information content (AvgIpc) is 2.80. The third-order valence-electron chi connectivity index (χ3n) is 3.81. The molecule has 0 aliphatic heterocycles. The summed E-state index contributed by atoms with van der Waals surface area (Å²) in [6, 6.07) is 3.14. The molecule has 0 bridgehead atoms. The Morgan fingerprint density at radius 2 is 2.00 bits per heavy atom. The first-order chi connectivity index (χ1) is 8.88. The zero-order valence-corrected chi connectivity index (χ0v) is 13.5. The van der Waals surface area contributed by atoms with Gasteiger partial charge in [0.05, 0.1) is 5.69 Å². The van der Waals surface area contributed by atoms with Gasteiger partial charge in [-0.15, -0.1) is 0 Å². The van der Waals surface area contributed by atoms with Gasteiger partial charge in [0.15, 0.2) is 0 Å². The highest BCUT2D eigenvalue weighted by Gasteiger charge is 2.24. The summed E-state index contributed by atoms with van der Waals surface area (Å²) in [7, 11) is 0. The van der Waals surface area contributed by atoms with Crippen LogP contribution >= 0.6 is 0 Å². The third kappa shape index (κ3) is 4.98. The Morgan fingerprint density at radius 1 is 1.32 bits per heavy atom. The number of rotatable bonds is 7. The second-order valence-electron chi connectivity index (χ2n) is 6.62. The molecule has 1 N–H and O–H groups in total. The van der Waals surface area contributed by atoms with Gasteiger partial charge in [0.25, 0.3) is 0 Å². The molecule has 110 valence electrons. The van der Waals surface area contributed by atoms with Crippen LogP contribution in [-0.4, -0.2) is 22.4 Å². The number of nitrogens with one attached hydrogen (secondary N) is 1. The SMILES string of the molecule is CCCNC(Cc1ccn(C(C)CC)n1)C(C)(C)C. The summed E-state index contributed by atoms with van der Waals surface area (Å²) < 4.78 is 2.09. The van der Waals surface area contributed by atoms with E-state index in [1.54, 1.807) is 0 Å². The third-order valence-corrected chi connectivity index (χ3v) is 3.81. The molecule has 0 amide bonds. The van der Waals surface area contributed by atoms with Crippen LogP contribution < -0.4 is 5.32 Å². The monoisotopic (exact) mass is 265 g/mol. The van der Waals surface area contributed by atoms with E-state index in [-0.39, 0.29) is 5.41 Å². The summed E-state index contributed by atoms with van der Waals surface area (Å²) in [6.45, 7) is 14.6. The standard InChI is InChI=1S/C16H31N3/c1-7-10-17-15(16(4,5)6)12-14-9-11-19(18-14)13(3)8-2/h9,11,13,15,17H,7-8,10,12H2,1-6H3. The van der Waals surface area contributed by atoms with Gasteiger partial charge in [-0.25, -0.2) is 0 Å². The minimum atomic E-state index is 0.259. The number of hydrogen-bond acceptors (Lipinski definition) is 2. The van der Waals surface area contributed by atoms with Crippen LogP contribution in [0.4, 0.5) is 0 Å². The van der Waals surface area contributed by atoms with Crippen molar-refractivity contribution >= 4 is 0 Å². The molecule has 3 nitrogen and oxygen atoms in total. The molecule has 1 rings (SSSR count). The van der Waals surface area contributed by atoms with E-state index < -0.39 is 0 Å². The van der Waals surface area contributed by atoms with Crippen molar-refractivity contribution in [2.75, 3.05) is 6.54 Å². The Balaban J connectivity index is 2.70. The van der Waals surface area contributed by atoms with Crippen molar-refractivity contribution in [3.8, 4) is 0 Å².